The van der Waals surface area contributed by atoms with Crippen molar-refractivity contribution < 1.29 is 9.15 Å². The molecule has 0 saturated carbocycles. The monoisotopic (exact) mass is 217 g/mol. The average molecular weight is 217 g/mol. The summed E-state index contributed by atoms with van der Waals surface area (Å²) in [4.78, 5) is 0. The zero-order chi connectivity index (χ0) is 10.8. The molecule has 1 N–H and O–H groups in total. The van der Waals surface area contributed by atoms with Gasteiger partial charge in [-0.3, -0.25) is 0 Å². The Morgan fingerprint density at radius 3 is 3.06 bits per heavy atom. The minimum atomic E-state index is 0.480. The van der Waals surface area contributed by atoms with Crippen LogP contribution in [0.1, 0.15) is 12.2 Å². The standard InChI is InChI=1S/C13H15NO2/c1-2-4-13-10(3-1)7-12(16-13)8-14-11-5-6-15-9-11/h1-4,7,11,14H,5-6,8-9H2. The molecule has 0 radical (unpaired) electrons. The molecule has 0 bridgehead atoms. The highest BCUT2D eigenvalue weighted by Crippen LogP contribution is 2.18. The second-order valence-electron chi connectivity index (χ2n) is 4.19. The third-order valence-electron chi connectivity index (χ3n) is 2.97. The summed E-state index contributed by atoms with van der Waals surface area (Å²) in [6, 6.07) is 10.7. The second-order valence-corrected chi connectivity index (χ2v) is 4.19. The summed E-state index contributed by atoms with van der Waals surface area (Å²) in [7, 11) is 0. The Bertz CT molecular complexity index is 438. The molecule has 1 unspecified atom stereocenters. The van der Waals surface area contributed by atoms with Gasteiger partial charge < -0.3 is 14.5 Å². The smallest absolute Gasteiger partial charge is 0.134 e. The number of hydrogen-bond acceptors (Lipinski definition) is 3. The molecule has 3 heteroatoms. The van der Waals surface area contributed by atoms with Crippen LogP contribution in [-0.2, 0) is 11.3 Å². The Hall–Kier alpha value is -1.32. The van der Waals surface area contributed by atoms with E-state index in [9.17, 15) is 0 Å². The highest BCUT2D eigenvalue weighted by atomic mass is 16.5. The molecule has 1 aliphatic rings. The van der Waals surface area contributed by atoms with Crippen molar-refractivity contribution in [3.63, 3.8) is 0 Å². The van der Waals surface area contributed by atoms with Gasteiger partial charge in [-0.15, -0.1) is 0 Å². The van der Waals surface area contributed by atoms with E-state index in [-0.39, 0.29) is 0 Å². The number of para-hydroxylation sites is 1. The summed E-state index contributed by atoms with van der Waals surface area (Å²) < 4.78 is 11.0. The topological polar surface area (TPSA) is 34.4 Å². The van der Waals surface area contributed by atoms with Crippen LogP contribution in [0.2, 0.25) is 0 Å². The molecule has 1 aromatic carbocycles. The molecule has 1 atom stereocenters. The number of nitrogens with one attached hydrogen (secondary N) is 1. The fraction of sp³-hybridized carbons (Fsp3) is 0.385. The summed E-state index contributed by atoms with van der Waals surface area (Å²) in [6.07, 6.45) is 1.10. The first kappa shape index (κ1) is 9.87. The fourth-order valence-corrected chi connectivity index (χ4v) is 2.06. The molecule has 3 rings (SSSR count). The summed E-state index contributed by atoms with van der Waals surface area (Å²) in [5, 5.41) is 4.61. The predicted molar refractivity (Wildman–Crippen MR) is 62.3 cm³/mol. The quantitative estimate of drug-likeness (QED) is 0.856. The summed E-state index contributed by atoms with van der Waals surface area (Å²) in [5.74, 6) is 0.994. The Morgan fingerprint density at radius 1 is 1.31 bits per heavy atom. The highest BCUT2D eigenvalue weighted by Gasteiger charge is 2.15. The van der Waals surface area contributed by atoms with Crippen molar-refractivity contribution in [1.82, 2.24) is 5.32 Å². The third-order valence-corrected chi connectivity index (χ3v) is 2.97. The second kappa shape index (κ2) is 4.28. The first-order valence-corrected chi connectivity index (χ1v) is 5.70. The van der Waals surface area contributed by atoms with E-state index in [0.717, 1.165) is 37.5 Å². The van der Waals surface area contributed by atoms with Crippen LogP contribution in [0.4, 0.5) is 0 Å². The molecule has 0 amide bonds. The first-order valence-electron chi connectivity index (χ1n) is 5.70. The number of benzene rings is 1. The van der Waals surface area contributed by atoms with Crippen molar-refractivity contribution in [2.75, 3.05) is 13.2 Å². The van der Waals surface area contributed by atoms with E-state index in [1.807, 2.05) is 18.2 Å². The van der Waals surface area contributed by atoms with Gasteiger partial charge in [0.1, 0.15) is 11.3 Å². The lowest BCUT2D eigenvalue weighted by molar-refractivity contribution is 0.189. The van der Waals surface area contributed by atoms with Gasteiger partial charge >= 0.3 is 0 Å². The number of furan rings is 1. The molecule has 3 nitrogen and oxygen atoms in total. The zero-order valence-electron chi connectivity index (χ0n) is 9.11. The van der Waals surface area contributed by atoms with Crippen molar-refractivity contribution in [3.05, 3.63) is 36.1 Å². The minimum absolute atomic E-state index is 0.480. The Balaban J connectivity index is 1.69. The van der Waals surface area contributed by atoms with E-state index in [4.69, 9.17) is 9.15 Å². The molecule has 1 aromatic heterocycles. The van der Waals surface area contributed by atoms with Crippen LogP contribution in [0.15, 0.2) is 34.7 Å². The predicted octanol–water partition coefficient (Wildman–Crippen LogP) is 2.31. The van der Waals surface area contributed by atoms with E-state index >= 15 is 0 Å². The lowest BCUT2D eigenvalue weighted by Crippen LogP contribution is -2.28. The number of rotatable bonds is 3. The van der Waals surface area contributed by atoms with Crippen molar-refractivity contribution in [2.24, 2.45) is 0 Å². The van der Waals surface area contributed by atoms with Crippen LogP contribution >= 0.6 is 0 Å². The molecular weight excluding hydrogens is 202 g/mol. The SMILES string of the molecule is c1ccc2oc(CNC3CCOC3)cc2c1. The normalized spacial score (nSPS) is 20.6. The van der Waals surface area contributed by atoms with Crippen molar-refractivity contribution in [1.29, 1.82) is 0 Å². The van der Waals surface area contributed by atoms with Gasteiger partial charge in [-0.2, -0.15) is 0 Å². The lowest BCUT2D eigenvalue weighted by atomic mass is 10.2. The summed E-state index contributed by atoms with van der Waals surface area (Å²) >= 11 is 0. The van der Waals surface area contributed by atoms with Crippen LogP contribution in [0.25, 0.3) is 11.0 Å². The van der Waals surface area contributed by atoms with E-state index in [1.54, 1.807) is 0 Å². The van der Waals surface area contributed by atoms with E-state index in [2.05, 4.69) is 17.4 Å². The Morgan fingerprint density at radius 2 is 2.25 bits per heavy atom. The maximum atomic E-state index is 5.72. The van der Waals surface area contributed by atoms with Crippen LogP contribution < -0.4 is 5.32 Å². The van der Waals surface area contributed by atoms with E-state index in [1.165, 1.54) is 5.39 Å². The van der Waals surface area contributed by atoms with Crippen molar-refractivity contribution >= 4 is 11.0 Å². The lowest BCUT2D eigenvalue weighted by Gasteiger charge is -2.07. The molecule has 1 aliphatic heterocycles. The number of ether oxygens (including phenoxy) is 1. The Labute approximate surface area is 94.4 Å². The van der Waals surface area contributed by atoms with Gasteiger partial charge in [-0.05, 0) is 18.6 Å². The van der Waals surface area contributed by atoms with Gasteiger partial charge in [0.05, 0.1) is 13.2 Å². The molecular formula is C13H15NO2. The summed E-state index contributed by atoms with van der Waals surface area (Å²) in [5.41, 5.74) is 0.960. The summed E-state index contributed by atoms with van der Waals surface area (Å²) in [6.45, 7) is 2.47. The largest absolute Gasteiger partial charge is 0.460 e. The van der Waals surface area contributed by atoms with Gasteiger partial charge in [0, 0.05) is 18.0 Å². The minimum Gasteiger partial charge on any atom is -0.460 e. The highest BCUT2D eigenvalue weighted by molar-refractivity contribution is 5.77. The maximum absolute atomic E-state index is 5.72. The molecule has 0 aliphatic carbocycles. The number of fused-ring (bicyclic) bond motifs is 1. The zero-order valence-corrected chi connectivity index (χ0v) is 9.11. The van der Waals surface area contributed by atoms with Crippen LogP contribution in [0.5, 0.6) is 0 Å². The van der Waals surface area contributed by atoms with Crippen LogP contribution in [0, 0.1) is 0 Å². The third kappa shape index (κ3) is 1.96. The van der Waals surface area contributed by atoms with Crippen molar-refractivity contribution in [2.45, 2.75) is 19.0 Å². The van der Waals surface area contributed by atoms with Crippen molar-refractivity contribution in [3.8, 4) is 0 Å². The maximum Gasteiger partial charge on any atom is 0.134 e. The molecule has 16 heavy (non-hydrogen) atoms. The molecule has 1 fully saturated rings. The van der Waals surface area contributed by atoms with Gasteiger partial charge in [0.25, 0.3) is 0 Å². The molecule has 1 saturated heterocycles. The average Bonchev–Trinajstić information content (AvgIpc) is 2.95. The molecule has 84 valence electrons. The first-order chi connectivity index (χ1) is 7.92. The molecule has 2 aromatic rings. The van der Waals surface area contributed by atoms with Gasteiger partial charge in [0.15, 0.2) is 0 Å². The van der Waals surface area contributed by atoms with Crippen LogP contribution in [0.3, 0.4) is 0 Å². The van der Waals surface area contributed by atoms with Gasteiger partial charge in [-0.1, -0.05) is 18.2 Å². The van der Waals surface area contributed by atoms with Gasteiger partial charge in [0.2, 0.25) is 0 Å². The fourth-order valence-electron chi connectivity index (χ4n) is 2.06. The molecule has 0 spiro atoms. The van der Waals surface area contributed by atoms with Crippen LogP contribution in [-0.4, -0.2) is 19.3 Å². The van der Waals surface area contributed by atoms with E-state index < -0.39 is 0 Å². The molecule has 2 heterocycles. The van der Waals surface area contributed by atoms with Gasteiger partial charge in [-0.25, -0.2) is 0 Å². The van der Waals surface area contributed by atoms with E-state index in [0.29, 0.717) is 6.04 Å². The number of hydrogen-bond donors (Lipinski definition) is 1. The Kier molecular flexibility index (Phi) is 2.64.